The Morgan fingerprint density at radius 3 is 0.953 bits per heavy atom. The molecule has 6 nitrogen and oxygen atoms in total. The zero-order valence-electron chi connectivity index (χ0n) is 42.6. The lowest BCUT2D eigenvalue weighted by molar-refractivity contribution is -0.167. The summed E-state index contributed by atoms with van der Waals surface area (Å²) >= 11 is 0. The Labute approximate surface area is 397 Å². The minimum atomic E-state index is -0.771. The Hall–Kier alpha value is -2.63. The molecule has 0 fully saturated rings. The maximum atomic E-state index is 12.7. The third-order valence-corrected chi connectivity index (χ3v) is 12.0. The quantitative estimate of drug-likeness (QED) is 0.0262. The van der Waals surface area contributed by atoms with Gasteiger partial charge in [-0.3, -0.25) is 14.4 Å². The second kappa shape index (κ2) is 53.0. The average molecular weight is 897 g/mol. The highest BCUT2D eigenvalue weighted by Gasteiger charge is 2.19. The summed E-state index contributed by atoms with van der Waals surface area (Å²) in [7, 11) is 0. The molecule has 0 spiro atoms. The molecule has 0 aromatic carbocycles. The van der Waals surface area contributed by atoms with E-state index in [0.29, 0.717) is 19.3 Å². The number of hydrogen-bond donors (Lipinski definition) is 0. The third kappa shape index (κ3) is 50.4. The first-order chi connectivity index (χ1) is 31.5. The highest BCUT2D eigenvalue weighted by molar-refractivity contribution is 5.71. The largest absolute Gasteiger partial charge is 0.462 e. The van der Waals surface area contributed by atoms with Crippen molar-refractivity contribution < 1.29 is 28.6 Å². The molecule has 0 bridgehead atoms. The van der Waals surface area contributed by atoms with Crippen LogP contribution >= 0.6 is 0 Å². The standard InChI is InChI=1S/C58H104O6/c1-4-7-10-13-16-18-20-21-22-23-24-25-26-27-28-29-30-31-32-33-34-35-36-37-38-40-42-45-48-51-57(60)63-54-55(53-62-56(59)50-47-44-41-15-12-9-6-3)64-58(61)52-49-46-43-39-19-17-14-11-8-5-2/h11,14,20-21,23-24,26-27,55H,4-10,12-13,15-19,22,25,28-54H2,1-3H3/b14-11-,21-20-,24-23-,27-26-. The molecule has 0 aliphatic carbocycles. The van der Waals surface area contributed by atoms with Crippen LogP contribution in [-0.4, -0.2) is 37.2 Å². The molecule has 372 valence electrons. The predicted octanol–water partition coefficient (Wildman–Crippen LogP) is 18.3. The number of carbonyl (C=O) groups is 3. The van der Waals surface area contributed by atoms with E-state index in [2.05, 4.69) is 69.4 Å². The summed E-state index contributed by atoms with van der Waals surface area (Å²) in [6.07, 6.45) is 64.3. The Kier molecular flexibility index (Phi) is 50.8. The van der Waals surface area contributed by atoms with Gasteiger partial charge in [0.2, 0.25) is 0 Å². The van der Waals surface area contributed by atoms with E-state index in [1.54, 1.807) is 0 Å². The molecule has 0 radical (unpaired) electrons. The van der Waals surface area contributed by atoms with Gasteiger partial charge < -0.3 is 14.2 Å². The average Bonchev–Trinajstić information content (AvgIpc) is 3.29. The highest BCUT2D eigenvalue weighted by Crippen LogP contribution is 2.16. The van der Waals surface area contributed by atoms with Crippen LogP contribution in [0.5, 0.6) is 0 Å². The lowest BCUT2D eigenvalue weighted by Gasteiger charge is -2.18. The molecule has 1 atom stereocenters. The summed E-state index contributed by atoms with van der Waals surface area (Å²) < 4.78 is 16.7. The smallest absolute Gasteiger partial charge is 0.306 e. The van der Waals surface area contributed by atoms with E-state index in [1.807, 2.05) is 0 Å². The Morgan fingerprint density at radius 1 is 0.312 bits per heavy atom. The zero-order chi connectivity index (χ0) is 46.5. The molecule has 0 aromatic rings. The molecule has 0 aliphatic heterocycles. The number of rotatable bonds is 50. The molecule has 0 aliphatic rings. The first-order valence-electron chi connectivity index (χ1n) is 27.6. The molecule has 0 aromatic heterocycles. The summed E-state index contributed by atoms with van der Waals surface area (Å²) in [6.45, 7) is 6.53. The van der Waals surface area contributed by atoms with Crippen molar-refractivity contribution in [3.63, 3.8) is 0 Å². The topological polar surface area (TPSA) is 78.9 Å². The number of ether oxygens (including phenoxy) is 3. The van der Waals surface area contributed by atoms with E-state index < -0.39 is 6.10 Å². The van der Waals surface area contributed by atoms with Gasteiger partial charge in [-0.25, -0.2) is 0 Å². The van der Waals surface area contributed by atoms with Gasteiger partial charge in [-0.15, -0.1) is 0 Å². The summed E-state index contributed by atoms with van der Waals surface area (Å²) in [5, 5.41) is 0. The molecule has 0 N–H and O–H groups in total. The number of unbranched alkanes of at least 4 members (excludes halogenated alkanes) is 31. The molecule has 0 rings (SSSR count). The summed E-state index contributed by atoms with van der Waals surface area (Å²) in [4.78, 5) is 37.7. The molecule has 0 saturated heterocycles. The van der Waals surface area contributed by atoms with E-state index in [-0.39, 0.29) is 31.1 Å². The summed E-state index contributed by atoms with van der Waals surface area (Å²) in [6, 6.07) is 0. The minimum absolute atomic E-state index is 0.0747. The van der Waals surface area contributed by atoms with E-state index in [4.69, 9.17) is 14.2 Å². The van der Waals surface area contributed by atoms with Crippen LogP contribution in [0.3, 0.4) is 0 Å². The lowest BCUT2D eigenvalue weighted by atomic mass is 10.0. The van der Waals surface area contributed by atoms with E-state index in [9.17, 15) is 14.4 Å². The van der Waals surface area contributed by atoms with Crippen LogP contribution in [0.2, 0.25) is 0 Å². The van der Waals surface area contributed by atoms with E-state index in [0.717, 1.165) is 89.9 Å². The first-order valence-corrected chi connectivity index (χ1v) is 27.6. The van der Waals surface area contributed by atoms with Crippen LogP contribution < -0.4 is 0 Å². The molecule has 0 heterocycles. The molecule has 64 heavy (non-hydrogen) atoms. The van der Waals surface area contributed by atoms with Crippen molar-refractivity contribution in [2.75, 3.05) is 13.2 Å². The number of allylic oxidation sites excluding steroid dienone is 8. The van der Waals surface area contributed by atoms with Gasteiger partial charge in [0.25, 0.3) is 0 Å². The van der Waals surface area contributed by atoms with Gasteiger partial charge in [0, 0.05) is 19.3 Å². The monoisotopic (exact) mass is 897 g/mol. The van der Waals surface area contributed by atoms with Gasteiger partial charge in [-0.1, -0.05) is 236 Å². The predicted molar refractivity (Wildman–Crippen MR) is 275 cm³/mol. The second-order valence-corrected chi connectivity index (χ2v) is 18.5. The van der Waals surface area contributed by atoms with Crippen molar-refractivity contribution in [3.8, 4) is 0 Å². The van der Waals surface area contributed by atoms with Gasteiger partial charge in [0.15, 0.2) is 6.10 Å². The fraction of sp³-hybridized carbons (Fsp3) is 0.810. The van der Waals surface area contributed by atoms with Crippen molar-refractivity contribution in [2.24, 2.45) is 0 Å². The molecule has 0 amide bonds. The second-order valence-electron chi connectivity index (χ2n) is 18.5. The molecule has 6 heteroatoms. The molecule has 1 unspecified atom stereocenters. The number of esters is 3. The Balaban J connectivity index is 4.00. The van der Waals surface area contributed by atoms with Crippen LogP contribution in [0.1, 0.15) is 284 Å². The van der Waals surface area contributed by atoms with E-state index in [1.165, 1.54) is 154 Å². The van der Waals surface area contributed by atoms with Gasteiger partial charge in [0.05, 0.1) is 0 Å². The normalized spacial score (nSPS) is 12.4. The van der Waals surface area contributed by atoms with Crippen LogP contribution in [0.25, 0.3) is 0 Å². The van der Waals surface area contributed by atoms with Gasteiger partial charge >= 0.3 is 17.9 Å². The van der Waals surface area contributed by atoms with Crippen LogP contribution in [0, 0.1) is 0 Å². The summed E-state index contributed by atoms with van der Waals surface area (Å²) in [5.41, 5.74) is 0. The van der Waals surface area contributed by atoms with Crippen molar-refractivity contribution in [1.29, 1.82) is 0 Å². The Bertz CT molecular complexity index is 1120. The maximum absolute atomic E-state index is 12.7. The maximum Gasteiger partial charge on any atom is 0.306 e. The first kappa shape index (κ1) is 61.4. The van der Waals surface area contributed by atoms with Crippen molar-refractivity contribution >= 4 is 17.9 Å². The van der Waals surface area contributed by atoms with Gasteiger partial charge in [-0.05, 0) is 77.0 Å². The number of hydrogen-bond acceptors (Lipinski definition) is 6. The van der Waals surface area contributed by atoms with Gasteiger partial charge in [0.1, 0.15) is 13.2 Å². The molecular formula is C58H104O6. The summed E-state index contributed by atoms with van der Waals surface area (Å²) in [5.74, 6) is -0.886. The van der Waals surface area contributed by atoms with Crippen LogP contribution in [0.4, 0.5) is 0 Å². The fourth-order valence-electron chi connectivity index (χ4n) is 7.86. The van der Waals surface area contributed by atoms with Crippen molar-refractivity contribution in [2.45, 2.75) is 290 Å². The van der Waals surface area contributed by atoms with Gasteiger partial charge in [-0.2, -0.15) is 0 Å². The molecular weight excluding hydrogens is 793 g/mol. The lowest BCUT2D eigenvalue weighted by Crippen LogP contribution is -2.30. The SMILES string of the molecule is CCC/C=C\CCCCCCCC(=O)OC(COC(=O)CCCCCCCCC)COC(=O)CCCCCCCCCCCCCCCC/C=C\C/C=C\C/C=C\CCCCCCC. The minimum Gasteiger partial charge on any atom is -0.462 e. The zero-order valence-corrected chi connectivity index (χ0v) is 42.6. The van der Waals surface area contributed by atoms with Crippen LogP contribution in [0.15, 0.2) is 48.6 Å². The van der Waals surface area contributed by atoms with E-state index >= 15 is 0 Å². The third-order valence-electron chi connectivity index (χ3n) is 12.0. The highest BCUT2D eigenvalue weighted by atomic mass is 16.6. The molecule has 0 saturated carbocycles. The fourth-order valence-corrected chi connectivity index (χ4v) is 7.86. The van der Waals surface area contributed by atoms with Crippen molar-refractivity contribution in [3.05, 3.63) is 48.6 Å². The van der Waals surface area contributed by atoms with Crippen molar-refractivity contribution in [1.82, 2.24) is 0 Å². The van der Waals surface area contributed by atoms with Crippen LogP contribution in [-0.2, 0) is 28.6 Å². The number of carbonyl (C=O) groups excluding carboxylic acids is 3. The Morgan fingerprint density at radius 2 is 0.594 bits per heavy atom.